The number of thiophene rings is 1. The van der Waals surface area contributed by atoms with Crippen molar-refractivity contribution >= 4 is 38.7 Å². The lowest BCUT2D eigenvalue weighted by Crippen LogP contribution is -2.46. The van der Waals surface area contributed by atoms with Crippen LogP contribution in [0.25, 0.3) is 10.2 Å². The smallest absolute Gasteiger partial charge is 0.269 e. The van der Waals surface area contributed by atoms with E-state index in [1.54, 1.807) is 29.8 Å². The molecule has 8 heteroatoms. The van der Waals surface area contributed by atoms with E-state index >= 15 is 0 Å². The van der Waals surface area contributed by atoms with Crippen molar-refractivity contribution in [1.82, 2.24) is 9.97 Å². The molecule has 1 aromatic carbocycles. The molecule has 0 aliphatic carbocycles. The highest BCUT2D eigenvalue weighted by Gasteiger charge is 2.21. The number of hydrogen-bond donors (Lipinski definition) is 0. The van der Waals surface area contributed by atoms with Crippen LogP contribution < -0.4 is 9.80 Å². The van der Waals surface area contributed by atoms with E-state index in [1.165, 1.54) is 5.56 Å². The largest absolute Gasteiger partial charge is 0.368 e. The average molecular weight is 355 g/mol. The second kappa shape index (κ2) is 6.29. The predicted octanol–water partition coefficient (Wildman–Crippen LogP) is 3.23. The molecule has 3 heterocycles. The van der Waals surface area contributed by atoms with Crippen LogP contribution in [0.15, 0.2) is 36.0 Å². The number of nitrogens with zero attached hydrogens (tertiary/aromatic N) is 5. The summed E-state index contributed by atoms with van der Waals surface area (Å²) in [6, 6.07) is 6.76. The lowest BCUT2D eigenvalue weighted by atomic mass is 10.2. The van der Waals surface area contributed by atoms with Crippen molar-refractivity contribution in [2.45, 2.75) is 6.92 Å². The summed E-state index contributed by atoms with van der Waals surface area (Å²) in [7, 11) is 0. The van der Waals surface area contributed by atoms with Gasteiger partial charge >= 0.3 is 0 Å². The summed E-state index contributed by atoms with van der Waals surface area (Å²) >= 11 is 1.65. The quantitative estimate of drug-likeness (QED) is 0.530. The Kier molecular flexibility index (Phi) is 3.96. The van der Waals surface area contributed by atoms with Crippen molar-refractivity contribution in [2.75, 3.05) is 36.0 Å². The van der Waals surface area contributed by atoms with Crippen LogP contribution in [0.3, 0.4) is 0 Å². The van der Waals surface area contributed by atoms with Crippen LogP contribution in [0.1, 0.15) is 5.56 Å². The zero-order valence-electron chi connectivity index (χ0n) is 13.8. The van der Waals surface area contributed by atoms with E-state index in [0.717, 1.165) is 47.9 Å². The molecule has 4 rings (SSSR count). The van der Waals surface area contributed by atoms with E-state index in [4.69, 9.17) is 0 Å². The summed E-state index contributed by atoms with van der Waals surface area (Å²) < 4.78 is 0. The zero-order chi connectivity index (χ0) is 17.4. The first-order valence-electron chi connectivity index (χ1n) is 8.06. The van der Waals surface area contributed by atoms with E-state index in [0.29, 0.717) is 0 Å². The standard InChI is InChI=1S/C17H17N5O2S/c1-12-10-25-17-15(12)16(18-11-19-17)21-8-6-20(7-9-21)13-2-4-14(5-3-13)22(23)24/h2-5,10-11H,6-9H2,1H3. The van der Waals surface area contributed by atoms with Gasteiger partial charge in [-0.05, 0) is 30.0 Å². The van der Waals surface area contributed by atoms with Crippen LogP contribution >= 0.6 is 11.3 Å². The molecule has 1 saturated heterocycles. The van der Waals surface area contributed by atoms with Gasteiger partial charge in [0.25, 0.3) is 5.69 Å². The van der Waals surface area contributed by atoms with Crippen molar-refractivity contribution in [1.29, 1.82) is 0 Å². The van der Waals surface area contributed by atoms with Gasteiger partial charge in [0.05, 0.1) is 10.3 Å². The Hall–Kier alpha value is -2.74. The minimum atomic E-state index is -0.370. The number of nitro benzene ring substituents is 1. The van der Waals surface area contributed by atoms with Gasteiger partial charge in [-0.25, -0.2) is 9.97 Å². The topological polar surface area (TPSA) is 75.4 Å². The van der Waals surface area contributed by atoms with Gasteiger partial charge in [0, 0.05) is 44.0 Å². The zero-order valence-corrected chi connectivity index (χ0v) is 14.6. The fourth-order valence-corrected chi connectivity index (χ4v) is 4.08. The number of rotatable bonds is 3. The maximum Gasteiger partial charge on any atom is 0.269 e. The van der Waals surface area contributed by atoms with Crippen LogP contribution in [-0.2, 0) is 0 Å². The summed E-state index contributed by atoms with van der Waals surface area (Å²) in [6.07, 6.45) is 1.64. The number of benzene rings is 1. The number of fused-ring (bicyclic) bond motifs is 1. The molecule has 1 fully saturated rings. The lowest BCUT2D eigenvalue weighted by Gasteiger charge is -2.37. The molecule has 1 aliphatic heterocycles. The van der Waals surface area contributed by atoms with Crippen LogP contribution in [0.2, 0.25) is 0 Å². The first kappa shape index (κ1) is 15.8. The molecule has 128 valence electrons. The van der Waals surface area contributed by atoms with E-state index in [2.05, 4.69) is 32.1 Å². The molecule has 0 radical (unpaired) electrons. The molecule has 0 amide bonds. The maximum atomic E-state index is 10.8. The summed E-state index contributed by atoms with van der Waals surface area (Å²) in [6.45, 7) is 5.52. The van der Waals surface area contributed by atoms with Gasteiger partial charge in [-0.3, -0.25) is 10.1 Å². The van der Waals surface area contributed by atoms with Crippen molar-refractivity contribution in [3.05, 3.63) is 51.7 Å². The number of aromatic nitrogens is 2. The van der Waals surface area contributed by atoms with Gasteiger partial charge in [0.1, 0.15) is 17.0 Å². The Bertz CT molecular complexity index is 916. The van der Waals surface area contributed by atoms with Gasteiger partial charge in [-0.1, -0.05) is 0 Å². The van der Waals surface area contributed by atoms with Gasteiger partial charge in [0.15, 0.2) is 0 Å². The fourth-order valence-electron chi connectivity index (χ4n) is 3.20. The van der Waals surface area contributed by atoms with E-state index < -0.39 is 0 Å². The van der Waals surface area contributed by atoms with Crippen molar-refractivity contribution in [3.8, 4) is 0 Å². The number of anilines is 2. The van der Waals surface area contributed by atoms with Gasteiger partial charge in [0.2, 0.25) is 0 Å². The van der Waals surface area contributed by atoms with Crippen molar-refractivity contribution in [3.63, 3.8) is 0 Å². The Morgan fingerprint density at radius 3 is 2.44 bits per heavy atom. The molecule has 0 bridgehead atoms. The first-order chi connectivity index (χ1) is 12.1. The second-order valence-electron chi connectivity index (χ2n) is 6.04. The van der Waals surface area contributed by atoms with Crippen LogP contribution in [0.4, 0.5) is 17.2 Å². The molecule has 7 nitrogen and oxygen atoms in total. The van der Waals surface area contributed by atoms with Crippen molar-refractivity contribution < 1.29 is 4.92 Å². The summed E-state index contributed by atoms with van der Waals surface area (Å²) in [5, 5.41) is 14.0. The number of hydrogen-bond acceptors (Lipinski definition) is 7. The van der Waals surface area contributed by atoms with Gasteiger partial charge < -0.3 is 9.80 Å². The monoisotopic (exact) mass is 355 g/mol. The molecule has 3 aromatic rings. The molecule has 1 aliphatic rings. The third kappa shape index (κ3) is 2.89. The number of piperazine rings is 1. The number of nitro groups is 1. The Morgan fingerprint density at radius 1 is 1.08 bits per heavy atom. The molecule has 0 atom stereocenters. The van der Waals surface area contributed by atoms with E-state index in [-0.39, 0.29) is 10.6 Å². The highest BCUT2D eigenvalue weighted by molar-refractivity contribution is 7.17. The highest BCUT2D eigenvalue weighted by Crippen LogP contribution is 2.31. The Labute approximate surface area is 148 Å². The fraction of sp³-hybridized carbons (Fsp3) is 0.294. The molecular weight excluding hydrogens is 338 g/mol. The Balaban J connectivity index is 1.51. The maximum absolute atomic E-state index is 10.8. The van der Waals surface area contributed by atoms with Gasteiger partial charge in [-0.2, -0.15) is 0 Å². The third-order valence-corrected chi connectivity index (χ3v) is 5.54. The molecule has 0 unspecified atom stereocenters. The van der Waals surface area contributed by atoms with E-state index in [9.17, 15) is 10.1 Å². The Morgan fingerprint density at radius 2 is 1.76 bits per heavy atom. The third-order valence-electron chi connectivity index (χ3n) is 4.54. The number of aryl methyl sites for hydroxylation is 1. The lowest BCUT2D eigenvalue weighted by molar-refractivity contribution is -0.384. The van der Waals surface area contributed by atoms with Crippen LogP contribution in [-0.4, -0.2) is 41.1 Å². The first-order valence-corrected chi connectivity index (χ1v) is 8.94. The number of non-ortho nitro benzene ring substituents is 1. The highest BCUT2D eigenvalue weighted by atomic mass is 32.1. The SMILES string of the molecule is Cc1csc2ncnc(N3CCN(c4ccc([N+](=O)[O-])cc4)CC3)c12. The van der Waals surface area contributed by atoms with Crippen molar-refractivity contribution in [2.24, 2.45) is 0 Å². The molecule has 0 N–H and O–H groups in total. The minimum absolute atomic E-state index is 0.124. The predicted molar refractivity (Wildman–Crippen MR) is 99.7 cm³/mol. The molecule has 25 heavy (non-hydrogen) atoms. The molecule has 0 saturated carbocycles. The van der Waals surface area contributed by atoms with Gasteiger partial charge in [-0.15, -0.1) is 11.3 Å². The normalized spacial score (nSPS) is 14.9. The molecule has 0 spiro atoms. The average Bonchev–Trinajstić information content (AvgIpc) is 3.03. The molecular formula is C17H17N5O2S. The summed E-state index contributed by atoms with van der Waals surface area (Å²) in [5.41, 5.74) is 2.36. The second-order valence-corrected chi connectivity index (χ2v) is 6.90. The summed E-state index contributed by atoms with van der Waals surface area (Å²) in [5.74, 6) is 1.01. The van der Waals surface area contributed by atoms with Crippen LogP contribution in [0, 0.1) is 17.0 Å². The minimum Gasteiger partial charge on any atom is -0.368 e. The van der Waals surface area contributed by atoms with E-state index in [1.807, 2.05) is 12.1 Å². The van der Waals surface area contributed by atoms with Crippen LogP contribution in [0.5, 0.6) is 0 Å². The summed E-state index contributed by atoms with van der Waals surface area (Å²) in [4.78, 5) is 24.9. The molecule has 2 aromatic heterocycles.